The molecule has 0 unspecified atom stereocenters. The van der Waals surface area contributed by atoms with Gasteiger partial charge < -0.3 is 30.2 Å². The molecule has 1 aromatic heterocycles. The van der Waals surface area contributed by atoms with E-state index in [2.05, 4.69) is 9.88 Å². The first-order chi connectivity index (χ1) is 20.4. The van der Waals surface area contributed by atoms with E-state index in [9.17, 15) is 14.7 Å². The van der Waals surface area contributed by atoms with E-state index in [4.69, 9.17) is 15.2 Å². The molecule has 8 heteroatoms. The van der Waals surface area contributed by atoms with Crippen molar-refractivity contribution in [2.24, 2.45) is 5.73 Å². The van der Waals surface area contributed by atoms with Crippen molar-refractivity contribution in [1.29, 1.82) is 0 Å². The third-order valence-electron chi connectivity index (χ3n) is 8.87. The number of hydrogen-bond acceptors (Lipinski definition) is 5. The number of fused-ring (bicyclic) bond motifs is 5. The van der Waals surface area contributed by atoms with Crippen LogP contribution in [0, 0.1) is 0 Å². The number of carbonyl (C=O) groups excluding carboxylic acids is 2. The standard InChI is InChI=1S/C34H37N3O5/c1-36-34(40)27(16-20-8-11-23(38)12-9-20)26-18-24(41-2)19-29-31(26)32-30(21-6-4-3-5-7-21)25-13-10-22(33(35)39)17-28(25)37(32)14-15-42-29/h8-13,17-19,21,27,38H,3-7,14-16H2,1-2H3,(H2,35,39)(H,36,40)/t27-/m0/s1. The first-order valence-corrected chi connectivity index (χ1v) is 14.7. The van der Waals surface area contributed by atoms with E-state index in [0.717, 1.165) is 59.0 Å². The van der Waals surface area contributed by atoms with Crippen LogP contribution in [0.15, 0.2) is 54.6 Å². The summed E-state index contributed by atoms with van der Waals surface area (Å²) < 4.78 is 14.4. The highest BCUT2D eigenvalue weighted by Gasteiger charge is 2.34. The average Bonchev–Trinajstić information content (AvgIpc) is 3.20. The van der Waals surface area contributed by atoms with E-state index in [-0.39, 0.29) is 11.7 Å². The van der Waals surface area contributed by atoms with Crippen LogP contribution in [-0.2, 0) is 17.8 Å². The largest absolute Gasteiger partial charge is 0.508 e. The fourth-order valence-corrected chi connectivity index (χ4v) is 6.84. The van der Waals surface area contributed by atoms with Crippen molar-refractivity contribution in [3.63, 3.8) is 0 Å². The minimum absolute atomic E-state index is 0.124. The molecule has 1 aliphatic heterocycles. The third-order valence-corrected chi connectivity index (χ3v) is 8.87. The summed E-state index contributed by atoms with van der Waals surface area (Å²) in [6, 6.07) is 16.6. The molecule has 0 radical (unpaired) electrons. The van der Waals surface area contributed by atoms with Crippen LogP contribution >= 0.6 is 0 Å². The summed E-state index contributed by atoms with van der Waals surface area (Å²) in [5.41, 5.74) is 12.1. The van der Waals surface area contributed by atoms with Gasteiger partial charge in [0.05, 0.1) is 25.3 Å². The van der Waals surface area contributed by atoms with Crippen LogP contribution in [-0.4, -0.2) is 42.3 Å². The molecule has 2 heterocycles. The second-order valence-corrected chi connectivity index (χ2v) is 11.3. The third kappa shape index (κ3) is 4.95. The minimum Gasteiger partial charge on any atom is -0.508 e. The first-order valence-electron chi connectivity index (χ1n) is 14.7. The monoisotopic (exact) mass is 567 g/mol. The van der Waals surface area contributed by atoms with E-state index >= 15 is 0 Å². The maximum absolute atomic E-state index is 13.6. The van der Waals surface area contributed by atoms with Crippen LogP contribution in [0.1, 0.15) is 71.0 Å². The number of rotatable bonds is 7. The molecule has 218 valence electrons. The van der Waals surface area contributed by atoms with E-state index in [1.54, 1.807) is 26.3 Å². The highest BCUT2D eigenvalue weighted by atomic mass is 16.5. The zero-order valence-corrected chi connectivity index (χ0v) is 24.1. The maximum Gasteiger partial charge on any atom is 0.248 e. The number of nitrogens with zero attached hydrogens (tertiary/aromatic N) is 1. The SMILES string of the molecule is CNC(=O)[C@@H](Cc1ccc(O)cc1)c1cc(OC)cc2c1-c1c(C3CCCCC3)c3ccc(C(N)=O)cc3n1CCO2. The molecule has 2 amide bonds. The molecular weight excluding hydrogens is 530 g/mol. The zero-order valence-electron chi connectivity index (χ0n) is 24.1. The van der Waals surface area contributed by atoms with Crippen LogP contribution in [0.25, 0.3) is 22.2 Å². The zero-order chi connectivity index (χ0) is 29.4. The van der Waals surface area contributed by atoms with Gasteiger partial charge in [-0.1, -0.05) is 37.5 Å². The van der Waals surface area contributed by atoms with Gasteiger partial charge in [-0.05, 0) is 72.2 Å². The predicted octanol–water partition coefficient (Wildman–Crippen LogP) is 5.63. The number of aromatic hydroxyl groups is 1. The van der Waals surface area contributed by atoms with Gasteiger partial charge in [-0.25, -0.2) is 0 Å². The lowest BCUT2D eigenvalue weighted by Gasteiger charge is -2.26. The summed E-state index contributed by atoms with van der Waals surface area (Å²) in [6.07, 6.45) is 6.14. The smallest absolute Gasteiger partial charge is 0.248 e. The van der Waals surface area contributed by atoms with Crippen LogP contribution in [0.5, 0.6) is 17.2 Å². The van der Waals surface area contributed by atoms with E-state index in [0.29, 0.717) is 42.6 Å². The average molecular weight is 568 g/mol. The summed E-state index contributed by atoms with van der Waals surface area (Å²) in [5.74, 6) is 0.665. The fraction of sp³-hybridized carbons (Fsp3) is 0.353. The maximum atomic E-state index is 13.6. The van der Waals surface area contributed by atoms with E-state index in [1.165, 1.54) is 12.0 Å². The molecule has 42 heavy (non-hydrogen) atoms. The topological polar surface area (TPSA) is 116 Å². The Balaban J connectivity index is 1.66. The van der Waals surface area contributed by atoms with Gasteiger partial charge in [0.1, 0.15) is 23.9 Å². The van der Waals surface area contributed by atoms with Gasteiger partial charge >= 0.3 is 0 Å². The number of methoxy groups -OCH3 is 1. The normalized spacial score (nSPS) is 15.7. The molecule has 8 nitrogen and oxygen atoms in total. The van der Waals surface area contributed by atoms with Crippen molar-refractivity contribution in [1.82, 2.24) is 9.88 Å². The van der Waals surface area contributed by atoms with Gasteiger partial charge in [0.15, 0.2) is 0 Å². The molecule has 6 rings (SSSR count). The summed E-state index contributed by atoms with van der Waals surface area (Å²) in [7, 11) is 3.27. The Kier molecular flexibility index (Phi) is 7.54. The number of hydrogen-bond donors (Lipinski definition) is 3. The Morgan fingerprint density at radius 1 is 1.10 bits per heavy atom. The van der Waals surface area contributed by atoms with Crippen molar-refractivity contribution in [2.75, 3.05) is 20.8 Å². The number of benzene rings is 3. The summed E-state index contributed by atoms with van der Waals surface area (Å²) in [6.45, 7) is 1.00. The van der Waals surface area contributed by atoms with Gasteiger partial charge in [-0.15, -0.1) is 0 Å². The Morgan fingerprint density at radius 2 is 1.86 bits per heavy atom. The quantitative estimate of drug-likeness (QED) is 0.268. The number of primary amides is 1. The van der Waals surface area contributed by atoms with E-state index in [1.807, 2.05) is 42.5 Å². The Morgan fingerprint density at radius 3 is 2.55 bits per heavy atom. The lowest BCUT2D eigenvalue weighted by molar-refractivity contribution is -0.122. The molecule has 2 aliphatic rings. The molecule has 1 saturated carbocycles. The molecule has 1 atom stereocenters. The summed E-state index contributed by atoms with van der Waals surface area (Å²) in [4.78, 5) is 25.9. The van der Waals surface area contributed by atoms with Gasteiger partial charge in [-0.3, -0.25) is 9.59 Å². The Hall–Kier alpha value is -4.46. The van der Waals surface area contributed by atoms with Crippen LogP contribution in [0.4, 0.5) is 0 Å². The number of nitrogens with two attached hydrogens (primary N) is 1. The van der Waals surface area contributed by atoms with Crippen LogP contribution in [0.3, 0.4) is 0 Å². The fourth-order valence-electron chi connectivity index (χ4n) is 6.84. The summed E-state index contributed by atoms with van der Waals surface area (Å²) >= 11 is 0. The number of likely N-dealkylation sites (N-methyl/N-ethyl adjacent to an activating group) is 1. The molecule has 0 spiro atoms. The first kappa shape index (κ1) is 27.7. The molecule has 0 bridgehead atoms. The number of phenolic OH excluding ortho intramolecular Hbond substituents is 1. The van der Waals surface area contributed by atoms with Gasteiger partial charge in [0.25, 0.3) is 0 Å². The Bertz CT molecular complexity index is 1650. The molecule has 0 saturated heterocycles. The number of carbonyl (C=O) groups is 2. The minimum atomic E-state index is -0.558. The molecule has 3 aromatic carbocycles. The number of phenols is 1. The van der Waals surface area contributed by atoms with Crippen molar-refractivity contribution in [3.05, 3.63) is 76.9 Å². The number of nitrogens with one attached hydrogen (secondary N) is 1. The number of amides is 2. The van der Waals surface area contributed by atoms with Gasteiger partial charge in [0, 0.05) is 35.1 Å². The summed E-state index contributed by atoms with van der Waals surface area (Å²) in [5, 5.41) is 13.9. The lowest BCUT2D eigenvalue weighted by atomic mass is 9.79. The van der Waals surface area contributed by atoms with Crippen molar-refractivity contribution >= 4 is 22.7 Å². The molecule has 4 aromatic rings. The van der Waals surface area contributed by atoms with Gasteiger partial charge in [0.2, 0.25) is 11.8 Å². The number of ether oxygens (including phenoxy) is 2. The van der Waals surface area contributed by atoms with Crippen LogP contribution in [0.2, 0.25) is 0 Å². The molecular formula is C34H37N3O5. The Labute approximate surface area is 245 Å². The second kappa shape index (κ2) is 11.4. The highest BCUT2D eigenvalue weighted by Crippen LogP contribution is 2.50. The number of aromatic nitrogens is 1. The van der Waals surface area contributed by atoms with Crippen molar-refractivity contribution in [3.8, 4) is 28.5 Å². The van der Waals surface area contributed by atoms with Gasteiger partial charge in [-0.2, -0.15) is 0 Å². The lowest BCUT2D eigenvalue weighted by Crippen LogP contribution is -2.28. The molecule has 4 N–H and O–H groups in total. The van der Waals surface area contributed by atoms with Crippen molar-refractivity contribution < 1.29 is 24.2 Å². The predicted molar refractivity (Wildman–Crippen MR) is 162 cm³/mol. The van der Waals surface area contributed by atoms with E-state index < -0.39 is 11.8 Å². The van der Waals surface area contributed by atoms with Crippen molar-refractivity contribution in [2.45, 2.75) is 56.9 Å². The molecule has 1 aliphatic carbocycles. The molecule has 1 fully saturated rings. The second-order valence-electron chi connectivity index (χ2n) is 11.3. The van der Waals surface area contributed by atoms with Crippen LogP contribution < -0.4 is 20.5 Å². The highest BCUT2D eigenvalue weighted by molar-refractivity contribution is 6.01.